The van der Waals surface area contributed by atoms with Gasteiger partial charge >= 0.3 is 6.18 Å². The highest BCUT2D eigenvalue weighted by atomic mass is 32.2. The molecule has 1 atom stereocenters. The van der Waals surface area contributed by atoms with Crippen LogP contribution in [0.1, 0.15) is 36.7 Å². The largest absolute Gasteiger partial charge is 0.416 e. The molecular weight excluding hydrogens is 393 g/mol. The molecule has 2 N–H and O–H groups in total. The van der Waals surface area contributed by atoms with Gasteiger partial charge in [-0.3, -0.25) is 9.52 Å². The lowest BCUT2D eigenvalue weighted by Gasteiger charge is -2.17. The normalized spacial score (nSPS) is 13.2. The van der Waals surface area contributed by atoms with Crippen LogP contribution in [0.25, 0.3) is 0 Å². The Kier molecular flexibility index (Phi) is 6.38. The van der Waals surface area contributed by atoms with Crippen LogP contribution in [0.2, 0.25) is 0 Å². The first-order valence-corrected chi connectivity index (χ1v) is 9.99. The van der Waals surface area contributed by atoms with Crippen LogP contribution in [-0.4, -0.2) is 20.4 Å². The van der Waals surface area contributed by atoms with E-state index in [9.17, 15) is 26.4 Å². The van der Waals surface area contributed by atoms with E-state index in [4.69, 9.17) is 0 Å². The van der Waals surface area contributed by atoms with Crippen LogP contribution in [0.4, 0.5) is 18.9 Å². The Labute approximate surface area is 162 Å². The third-order valence-corrected chi connectivity index (χ3v) is 5.59. The summed E-state index contributed by atoms with van der Waals surface area (Å²) in [6, 6.07) is 9.07. The van der Waals surface area contributed by atoms with Crippen LogP contribution in [0.5, 0.6) is 0 Å². The first-order chi connectivity index (χ1) is 12.9. The number of carbonyl (C=O) groups excluding carboxylic acids is 1. The van der Waals surface area contributed by atoms with Crippen molar-refractivity contribution in [3.63, 3.8) is 0 Å². The van der Waals surface area contributed by atoms with Crippen LogP contribution in [0.3, 0.4) is 0 Å². The highest BCUT2D eigenvalue weighted by Crippen LogP contribution is 2.31. The predicted octanol–water partition coefficient (Wildman–Crippen LogP) is 4.28. The number of carbonyl (C=O) groups is 1. The number of nitrogens with one attached hydrogen (secondary N) is 2. The van der Waals surface area contributed by atoms with Gasteiger partial charge in [0.25, 0.3) is 15.9 Å². The van der Waals surface area contributed by atoms with Crippen LogP contribution < -0.4 is 10.0 Å². The molecular formula is C19H21F3N2O3S. The van der Waals surface area contributed by atoms with Crippen LogP contribution >= 0.6 is 0 Å². The smallest absolute Gasteiger partial charge is 0.349 e. The number of halogens is 3. The lowest BCUT2D eigenvalue weighted by Crippen LogP contribution is -2.36. The molecule has 0 heterocycles. The van der Waals surface area contributed by atoms with E-state index in [1.54, 1.807) is 0 Å². The molecule has 2 aromatic rings. The van der Waals surface area contributed by atoms with Crippen molar-refractivity contribution in [2.75, 3.05) is 4.72 Å². The van der Waals surface area contributed by atoms with Crippen molar-refractivity contribution in [2.45, 2.75) is 37.9 Å². The Morgan fingerprint density at radius 3 is 2.25 bits per heavy atom. The second-order valence-corrected chi connectivity index (χ2v) is 8.40. The minimum absolute atomic E-state index is 0.115. The molecule has 28 heavy (non-hydrogen) atoms. The van der Waals surface area contributed by atoms with Crippen LogP contribution in [0, 0.1) is 5.92 Å². The SMILES string of the molecule is CC(C)C(C)NC(=O)c1cccc(S(=O)(=O)Nc2cccc(C(F)(F)F)c2)c1. The van der Waals surface area contributed by atoms with Crippen molar-refractivity contribution < 1.29 is 26.4 Å². The molecule has 0 aliphatic heterocycles. The van der Waals surface area contributed by atoms with E-state index in [0.29, 0.717) is 6.07 Å². The van der Waals surface area contributed by atoms with E-state index in [0.717, 1.165) is 12.1 Å². The van der Waals surface area contributed by atoms with Crippen molar-refractivity contribution in [2.24, 2.45) is 5.92 Å². The molecule has 1 amide bonds. The third-order valence-electron chi connectivity index (χ3n) is 4.21. The second-order valence-electron chi connectivity index (χ2n) is 6.72. The van der Waals surface area contributed by atoms with Gasteiger partial charge in [-0.25, -0.2) is 8.42 Å². The van der Waals surface area contributed by atoms with Crippen molar-refractivity contribution in [3.8, 4) is 0 Å². The zero-order valence-corrected chi connectivity index (χ0v) is 16.4. The van der Waals surface area contributed by atoms with E-state index >= 15 is 0 Å². The third kappa shape index (κ3) is 5.48. The van der Waals surface area contributed by atoms with Gasteiger partial charge in [0.1, 0.15) is 0 Å². The number of hydrogen-bond donors (Lipinski definition) is 2. The zero-order chi connectivity index (χ0) is 21.1. The van der Waals surface area contributed by atoms with Crippen LogP contribution in [0.15, 0.2) is 53.4 Å². The van der Waals surface area contributed by atoms with Crippen molar-refractivity contribution in [1.82, 2.24) is 5.32 Å². The highest BCUT2D eigenvalue weighted by molar-refractivity contribution is 7.92. The Hall–Kier alpha value is -2.55. The summed E-state index contributed by atoms with van der Waals surface area (Å²) in [4.78, 5) is 12.1. The fourth-order valence-corrected chi connectivity index (χ4v) is 3.33. The average molecular weight is 414 g/mol. The summed E-state index contributed by atoms with van der Waals surface area (Å²) >= 11 is 0. The number of hydrogen-bond acceptors (Lipinski definition) is 3. The van der Waals surface area contributed by atoms with Gasteiger partial charge in [-0.15, -0.1) is 0 Å². The Bertz CT molecular complexity index is 957. The first-order valence-electron chi connectivity index (χ1n) is 8.51. The lowest BCUT2D eigenvalue weighted by molar-refractivity contribution is -0.137. The summed E-state index contributed by atoms with van der Waals surface area (Å²) in [7, 11) is -4.17. The standard InChI is InChI=1S/C19H21F3N2O3S/c1-12(2)13(3)23-18(25)14-6-4-9-17(10-14)28(26,27)24-16-8-5-7-15(11-16)19(20,21)22/h4-13,24H,1-3H3,(H,23,25). The minimum atomic E-state index is -4.59. The number of alkyl halides is 3. The maximum absolute atomic E-state index is 12.8. The monoisotopic (exact) mass is 414 g/mol. The number of benzene rings is 2. The maximum Gasteiger partial charge on any atom is 0.416 e. The summed E-state index contributed by atoms with van der Waals surface area (Å²) in [5, 5.41) is 2.77. The molecule has 5 nitrogen and oxygen atoms in total. The molecule has 0 fully saturated rings. The fourth-order valence-electron chi connectivity index (χ4n) is 2.23. The topological polar surface area (TPSA) is 75.3 Å². The van der Waals surface area contributed by atoms with Crippen LogP contribution in [-0.2, 0) is 16.2 Å². The zero-order valence-electron chi connectivity index (χ0n) is 15.5. The molecule has 9 heteroatoms. The molecule has 0 aliphatic rings. The quantitative estimate of drug-likeness (QED) is 0.741. The summed E-state index contributed by atoms with van der Waals surface area (Å²) in [6.07, 6.45) is -4.59. The van der Waals surface area contributed by atoms with Gasteiger partial charge in [0.15, 0.2) is 0 Å². The highest BCUT2D eigenvalue weighted by Gasteiger charge is 2.30. The summed E-state index contributed by atoms with van der Waals surface area (Å²) in [5.41, 5.74) is -1.05. The number of sulfonamides is 1. The molecule has 0 radical (unpaired) electrons. The molecule has 0 saturated carbocycles. The molecule has 0 saturated heterocycles. The van der Waals surface area contributed by atoms with Gasteiger partial charge in [0.2, 0.25) is 0 Å². The van der Waals surface area contributed by atoms with E-state index in [1.807, 2.05) is 20.8 Å². The van der Waals surface area contributed by atoms with Crippen molar-refractivity contribution in [1.29, 1.82) is 0 Å². The van der Waals surface area contributed by atoms with Crippen molar-refractivity contribution in [3.05, 3.63) is 59.7 Å². The van der Waals surface area contributed by atoms with Gasteiger partial charge < -0.3 is 5.32 Å². The molecule has 2 aromatic carbocycles. The Morgan fingerprint density at radius 2 is 1.64 bits per heavy atom. The molecule has 0 bridgehead atoms. The number of rotatable bonds is 6. The molecule has 152 valence electrons. The van der Waals surface area contributed by atoms with E-state index in [-0.39, 0.29) is 28.1 Å². The van der Waals surface area contributed by atoms with Gasteiger partial charge in [-0.05, 0) is 49.2 Å². The maximum atomic E-state index is 12.8. The van der Waals surface area contributed by atoms with E-state index in [2.05, 4.69) is 10.0 Å². The Morgan fingerprint density at radius 1 is 1.00 bits per heavy atom. The molecule has 0 spiro atoms. The predicted molar refractivity (Wildman–Crippen MR) is 100 cm³/mol. The van der Waals surface area contributed by atoms with E-state index in [1.165, 1.54) is 30.3 Å². The minimum Gasteiger partial charge on any atom is -0.349 e. The molecule has 0 aromatic heterocycles. The van der Waals surface area contributed by atoms with Crippen molar-refractivity contribution >= 4 is 21.6 Å². The first kappa shape index (κ1) is 21.7. The number of anilines is 1. The lowest BCUT2D eigenvalue weighted by atomic mass is 10.1. The van der Waals surface area contributed by atoms with Gasteiger partial charge in [-0.2, -0.15) is 13.2 Å². The molecule has 2 rings (SSSR count). The summed E-state index contributed by atoms with van der Waals surface area (Å²) in [5.74, 6) is -0.240. The van der Waals surface area contributed by atoms with E-state index < -0.39 is 27.7 Å². The van der Waals surface area contributed by atoms with Gasteiger partial charge in [-0.1, -0.05) is 26.0 Å². The molecule has 1 unspecified atom stereocenters. The van der Waals surface area contributed by atoms with Gasteiger partial charge in [0, 0.05) is 17.3 Å². The summed E-state index contributed by atoms with van der Waals surface area (Å²) < 4.78 is 65.6. The summed E-state index contributed by atoms with van der Waals surface area (Å²) in [6.45, 7) is 5.70. The second kappa shape index (κ2) is 8.22. The fraction of sp³-hybridized carbons (Fsp3) is 0.316. The van der Waals surface area contributed by atoms with Gasteiger partial charge in [0.05, 0.1) is 10.5 Å². The Balaban J connectivity index is 2.26. The molecule has 0 aliphatic carbocycles. The number of amides is 1. The average Bonchev–Trinajstić information content (AvgIpc) is 2.60.